The number of aryl methyl sites for hydroxylation is 1. The summed E-state index contributed by atoms with van der Waals surface area (Å²) in [7, 11) is -6.04. The van der Waals surface area contributed by atoms with Crippen molar-refractivity contribution in [3.05, 3.63) is 172 Å². The summed E-state index contributed by atoms with van der Waals surface area (Å²) in [6.45, 7) is 0.149. The van der Waals surface area contributed by atoms with Gasteiger partial charge in [-0.25, -0.2) is 0 Å². The van der Waals surface area contributed by atoms with E-state index in [2.05, 4.69) is 33.1 Å². The number of amides is 8. The molecule has 8 amide bonds. The highest BCUT2D eigenvalue weighted by Crippen LogP contribution is 2.59. The Bertz CT molecular complexity index is 3780. The van der Waals surface area contributed by atoms with Gasteiger partial charge in [-0.05, 0) is 96.7 Å². The second-order valence-electron chi connectivity index (χ2n) is 21.5. The number of fused-ring (bicyclic) bond motifs is 2. The molecular formula is C62H59F2N8O12P. The number of halogens is 2. The van der Waals surface area contributed by atoms with Crippen molar-refractivity contribution in [2.75, 3.05) is 4.90 Å². The molecule has 6 aromatic rings. The lowest BCUT2D eigenvalue weighted by Gasteiger charge is -2.30. The number of carbonyl (C=O) groups is 9. The van der Waals surface area contributed by atoms with Gasteiger partial charge in [0.25, 0.3) is 11.8 Å². The van der Waals surface area contributed by atoms with Gasteiger partial charge in [-0.15, -0.1) is 0 Å². The lowest BCUT2D eigenvalue weighted by Crippen LogP contribution is -2.57. The van der Waals surface area contributed by atoms with Gasteiger partial charge in [0.15, 0.2) is 0 Å². The number of nitrogens with one attached hydrogen (secondary N) is 4. The molecule has 0 aliphatic carbocycles. The topological polar surface area (TPSA) is 297 Å². The zero-order valence-electron chi connectivity index (χ0n) is 45.7. The van der Waals surface area contributed by atoms with Crippen molar-refractivity contribution in [3.63, 3.8) is 0 Å². The number of benzene rings is 5. The van der Waals surface area contributed by atoms with Crippen LogP contribution >= 0.6 is 7.60 Å². The van der Waals surface area contributed by atoms with Crippen LogP contribution < -0.4 is 31.9 Å². The number of piperidine rings is 1. The van der Waals surface area contributed by atoms with Crippen molar-refractivity contribution >= 4 is 77.4 Å². The Morgan fingerprint density at radius 1 is 0.800 bits per heavy atom. The molecule has 1 aromatic heterocycles. The lowest BCUT2D eigenvalue weighted by molar-refractivity contribution is -0.137. The van der Waals surface area contributed by atoms with Crippen LogP contribution in [0.15, 0.2) is 121 Å². The fourth-order valence-electron chi connectivity index (χ4n) is 11.6. The predicted octanol–water partition coefficient (Wildman–Crippen LogP) is 5.93. The third kappa shape index (κ3) is 12.3. The van der Waals surface area contributed by atoms with Gasteiger partial charge in [0, 0.05) is 60.7 Å². The number of unbranched alkanes of at least 4 members (excludes halogenated alkanes) is 3. The first-order valence-corrected chi connectivity index (χ1v) is 29.4. The average molecular weight is 1180 g/mol. The Balaban J connectivity index is 0.852. The average Bonchev–Trinajstić information content (AvgIpc) is 1.96. The monoisotopic (exact) mass is 1180 g/mol. The molecule has 438 valence electrons. The van der Waals surface area contributed by atoms with E-state index in [1.165, 1.54) is 9.80 Å². The second kappa shape index (κ2) is 24.6. The lowest BCUT2D eigenvalue weighted by atomic mass is 9.98. The van der Waals surface area contributed by atoms with Crippen molar-refractivity contribution in [3.8, 4) is 11.8 Å². The van der Waals surface area contributed by atoms with Crippen molar-refractivity contribution < 1.29 is 66.3 Å². The summed E-state index contributed by atoms with van der Waals surface area (Å²) < 4.78 is 43.2. The van der Waals surface area contributed by atoms with Gasteiger partial charge in [0.05, 0.1) is 17.2 Å². The second-order valence-corrected chi connectivity index (χ2v) is 23.1. The highest BCUT2D eigenvalue weighted by Gasteiger charge is 2.51. The van der Waals surface area contributed by atoms with Crippen molar-refractivity contribution in [2.45, 2.75) is 119 Å². The SMILES string of the molecule is NC(=O)CC[C@H](NC(=O)[C@@H]1Cc2cccc3c2N1C(=O)[C@@H](NC(=O)c1cc2cc(C(F)(F)P(=O)(O)O)ccc2n1C(=O)CCCCCC#Cc1cccc2c1CN(C1CCC(=O)NC1=O)C2=O)CC3)C(=O)NC(c1ccccc1)c1ccccc1. The number of hydrogen-bond donors (Lipinski definition) is 7. The normalized spacial score (nSPS) is 17.8. The summed E-state index contributed by atoms with van der Waals surface area (Å²) in [4.78, 5) is 145. The van der Waals surface area contributed by atoms with Gasteiger partial charge >= 0.3 is 13.3 Å². The zero-order chi connectivity index (χ0) is 60.3. The summed E-state index contributed by atoms with van der Waals surface area (Å²) in [6.07, 6.45) is 1.62. The number of nitrogens with two attached hydrogens (primary N) is 1. The smallest absolute Gasteiger partial charge is 0.370 e. The van der Waals surface area contributed by atoms with E-state index in [1.54, 1.807) is 36.4 Å². The van der Waals surface area contributed by atoms with Crippen LogP contribution in [0.3, 0.4) is 0 Å². The Kier molecular flexibility index (Phi) is 17.1. The van der Waals surface area contributed by atoms with Gasteiger partial charge < -0.3 is 36.4 Å². The summed E-state index contributed by atoms with van der Waals surface area (Å²) in [5.41, 5.74) is 4.38. The minimum Gasteiger partial charge on any atom is -0.370 e. The molecular weight excluding hydrogens is 1120 g/mol. The van der Waals surface area contributed by atoms with E-state index in [-0.39, 0.29) is 86.8 Å². The summed E-state index contributed by atoms with van der Waals surface area (Å²) >= 11 is 0. The molecule has 10 rings (SSSR count). The maximum Gasteiger partial charge on any atom is 0.399 e. The van der Waals surface area contributed by atoms with Crippen LogP contribution in [-0.2, 0) is 58.4 Å². The molecule has 0 spiro atoms. The molecule has 85 heavy (non-hydrogen) atoms. The van der Waals surface area contributed by atoms with Crippen molar-refractivity contribution in [1.29, 1.82) is 0 Å². The van der Waals surface area contributed by atoms with E-state index < -0.39 is 96.3 Å². The predicted molar refractivity (Wildman–Crippen MR) is 305 cm³/mol. The molecule has 1 fully saturated rings. The van der Waals surface area contributed by atoms with Crippen LogP contribution in [0.1, 0.15) is 135 Å². The number of para-hydroxylation sites is 1. The molecule has 4 aliphatic heterocycles. The number of imide groups is 1. The Hall–Kier alpha value is -9.16. The summed E-state index contributed by atoms with van der Waals surface area (Å²) in [5, 5.41) is 10.7. The zero-order valence-corrected chi connectivity index (χ0v) is 46.6. The maximum absolute atomic E-state index is 15.1. The van der Waals surface area contributed by atoms with Crippen LogP contribution in [0.5, 0.6) is 0 Å². The molecule has 4 aliphatic rings. The number of carbonyl (C=O) groups excluding carboxylic acids is 9. The van der Waals surface area contributed by atoms with Crippen LogP contribution in [0.25, 0.3) is 10.9 Å². The molecule has 1 saturated heterocycles. The molecule has 0 saturated carbocycles. The Labute approximate surface area is 486 Å². The number of rotatable bonds is 19. The van der Waals surface area contributed by atoms with Gasteiger partial charge in [0.2, 0.25) is 41.4 Å². The Morgan fingerprint density at radius 3 is 2.20 bits per heavy atom. The highest BCUT2D eigenvalue weighted by molar-refractivity contribution is 7.52. The van der Waals surface area contributed by atoms with E-state index in [4.69, 9.17) is 5.73 Å². The van der Waals surface area contributed by atoms with E-state index in [0.717, 1.165) is 40.0 Å². The number of hydrogen-bond acceptors (Lipinski definition) is 10. The van der Waals surface area contributed by atoms with Gasteiger partial charge in [-0.1, -0.05) is 109 Å². The largest absolute Gasteiger partial charge is 0.399 e. The molecule has 5 aromatic carbocycles. The molecule has 23 heteroatoms. The van der Waals surface area contributed by atoms with E-state index in [9.17, 15) is 57.5 Å². The van der Waals surface area contributed by atoms with E-state index in [1.807, 2.05) is 60.7 Å². The fraction of sp³-hybridized carbons (Fsp3) is 0.306. The summed E-state index contributed by atoms with van der Waals surface area (Å²) in [5.74, 6) is 0.575. The van der Waals surface area contributed by atoms with Crippen LogP contribution in [0, 0.1) is 11.8 Å². The number of aromatic nitrogens is 1. The first-order chi connectivity index (χ1) is 40.7. The number of alkyl halides is 2. The van der Waals surface area contributed by atoms with Crippen LogP contribution in [0.4, 0.5) is 14.5 Å². The molecule has 0 radical (unpaired) electrons. The van der Waals surface area contributed by atoms with Crippen molar-refractivity contribution in [1.82, 2.24) is 30.7 Å². The minimum atomic E-state index is -6.04. The van der Waals surface area contributed by atoms with Crippen molar-refractivity contribution in [2.24, 2.45) is 5.73 Å². The quantitative estimate of drug-likeness (QED) is 0.0215. The molecule has 1 unspecified atom stereocenters. The standard InChI is InChI=1S/C62H59F2N8O12P/c63-62(64,85(82,83)84)42-25-28-47-41(32-42)34-49(71(47)53(75)23-11-3-1-2-6-14-36-19-13-22-43-44(36)35-70(60(43)80)48-29-31-52(74)68-57(48)77)58(78)67-46-26-24-39-20-12-21-40-33-50(72(55(39)40)61(46)81)59(79)66-45(27-30-51(65)73)56(76)69-54(37-15-7-4-8-16-37)38-17-9-5-10-18-38/h4-5,7-10,12-13,15-22,25,28,32,34,45-46,48,50,54H,1-3,11,23-24,26-27,29-31,33,35H2,(H2,65,73)(H,66,79)(H,67,78)(H,69,76)(H,68,74,77)(H2,82,83,84)/t45-,46-,48?,50-/m0/s1. The molecule has 4 atom stereocenters. The molecule has 0 bridgehead atoms. The third-order valence-electron chi connectivity index (χ3n) is 15.9. The number of anilines is 1. The van der Waals surface area contributed by atoms with Gasteiger partial charge in [0.1, 0.15) is 29.9 Å². The van der Waals surface area contributed by atoms with Gasteiger partial charge in [-0.3, -0.25) is 62.5 Å². The van der Waals surface area contributed by atoms with Crippen LogP contribution in [0.2, 0.25) is 0 Å². The molecule has 5 heterocycles. The highest BCUT2D eigenvalue weighted by atomic mass is 31.2. The maximum atomic E-state index is 15.1. The Morgan fingerprint density at radius 2 is 1.51 bits per heavy atom. The number of primary amides is 1. The minimum absolute atomic E-state index is 0.0112. The fourth-order valence-corrected chi connectivity index (χ4v) is 12.0. The van der Waals surface area contributed by atoms with E-state index >= 15 is 8.78 Å². The third-order valence-corrected chi connectivity index (χ3v) is 16.9. The summed E-state index contributed by atoms with van der Waals surface area (Å²) in [6, 6.07) is 27.1. The van der Waals surface area contributed by atoms with Crippen LogP contribution in [-0.4, -0.2) is 96.6 Å². The molecule has 20 nitrogen and oxygen atoms in total. The number of nitrogens with zero attached hydrogens (tertiary/aromatic N) is 3. The van der Waals surface area contributed by atoms with Gasteiger partial charge in [-0.2, -0.15) is 8.78 Å². The van der Waals surface area contributed by atoms with E-state index in [0.29, 0.717) is 52.8 Å². The first-order valence-electron chi connectivity index (χ1n) is 27.8. The first kappa shape index (κ1) is 59.0. The molecule has 8 N–H and O–H groups in total.